The lowest BCUT2D eigenvalue weighted by molar-refractivity contribution is 0.213. The molecule has 1 aliphatic rings. The number of rotatable bonds is 7. The fourth-order valence-electron chi connectivity index (χ4n) is 3.19. The van der Waals surface area contributed by atoms with E-state index >= 15 is 0 Å². The first-order chi connectivity index (χ1) is 14.3. The highest BCUT2D eigenvalue weighted by atomic mass is 16.5. The molecule has 0 saturated carbocycles. The number of carbonyl (C=O) groups is 1. The van der Waals surface area contributed by atoms with Crippen molar-refractivity contribution in [2.45, 2.75) is 25.7 Å². The Morgan fingerprint density at radius 3 is 2.72 bits per heavy atom. The number of hydrogen-bond donors (Lipinski definition) is 2. The van der Waals surface area contributed by atoms with E-state index in [9.17, 15) is 4.79 Å². The summed E-state index contributed by atoms with van der Waals surface area (Å²) in [6.45, 7) is 1.30. The summed E-state index contributed by atoms with van der Waals surface area (Å²) in [4.78, 5) is 16.3. The molecule has 2 aromatic carbocycles. The van der Waals surface area contributed by atoms with Gasteiger partial charge < -0.3 is 20.1 Å². The minimum atomic E-state index is -0.229. The van der Waals surface area contributed by atoms with Gasteiger partial charge in [-0.2, -0.15) is 0 Å². The first-order valence-corrected chi connectivity index (χ1v) is 9.64. The van der Waals surface area contributed by atoms with Crippen LogP contribution in [0.3, 0.4) is 0 Å². The summed E-state index contributed by atoms with van der Waals surface area (Å²) in [6, 6.07) is 21.3. The van der Waals surface area contributed by atoms with Crippen molar-refractivity contribution >= 4 is 6.03 Å². The number of nitrogens with one attached hydrogen (secondary N) is 2. The number of urea groups is 1. The molecule has 1 aromatic heterocycles. The Labute approximate surface area is 169 Å². The summed E-state index contributed by atoms with van der Waals surface area (Å²) in [5, 5.41) is 5.73. The van der Waals surface area contributed by atoms with E-state index in [-0.39, 0.29) is 12.1 Å². The van der Waals surface area contributed by atoms with Crippen molar-refractivity contribution < 1.29 is 14.3 Å². The van der Waals surface area contributed by atoms with Crippen LogP contribution in [0.15, 0.2) is 72.9 Å². The highest BCUT2D eigenvalue weighted by Crippen LogP contribution is 2.27. The van der Waals surface area contributed by atoms with E-state index in [0.29, 0.717) is 25.6 Å². The van der Waals surface area contributed by atoms with Crippen LogP contribution < -0.4 is 20.1 Å². The first-order valence-electron chi connectivity index (χ1n) is 9.64. The molecule has 1 atom stereocenters. The van der Waals surface area contributed by atoms with Crippen molar-refractivity contribution in [1.82, 2.24) is 15.6 Å². The molecule has 0 aliphatic carbocycles. The molecule has 1 unspecified atom stereocenters. The molecule has 0 saturated heterocycles. The number of carbonyl (C=O) groups excluding carboxylic acids is 1. The Kier molecular flexibility index (Phi) is 5.90. The molecular weight excluding hydrogens is 366 g/mol. The molecule has 1 aliphatic heterocycles. The highest BCUT2D eigenvalue weighted by Gasteiger charge is 2.22. The molecular formula is C23H23N3O3. The lowest BCUT2D eigenvalue weighted by atomic mass is 10.1. The summed E-state index contributed by atoms with van der Waals surface area (Å²) in [5.41, 5.74) is 3.18. The molecule has 6 nitrogen and oxygen atoms in total. The van der Waals surface area contributed by atoms with Crippen LogP contribution in [-0.4, -0.2) is 23.7 Å². The van der Waals surface area contributed by atoms with Gasteiger partial charge in [-0.15, -0.1) is 0 Å². The predicted octanol–water partition coefficient (Wildman–Crippen LogP) is 3.46. The maximum atomic E-state index is 12.1. The largest absolute Gasteiger partial charge is 0.488 e. The number of fused-ring (bicyclic) bond motifs is 1. The van der Waals surface area contributed by atoms with Gasteiger partial charge in [0.2, 0.25) is 5.88 Å². The number of hydrogen-bond acceptors (Lipinski definition) is 4. The second-order valence-corrected chi connectivity index (χ2v) is 6.89. The molecule has 2 heterocycles. The van der Waals surface area contributed by atoms with Gasteiger partial charge in [-0.3, -0.25) is 0 Å². The number of ether oxygens (including phenoxy) is 2. The van der Waals surface area contributed by atoms with Crippen LogP contribution in [0.5, 0.6) is 11.6 Å². The van der Waals surface area contributed by atoms with Gasteiger partial charge in [0.05, 0.1) is 6.54 Å². The van der Waals surface area contributed by atoms with Crippen molar-refractivity contribution in [1.29, 1.82) is 0 Å². The van der Waals surface area contributed by atoms with E-state index in [0.717, 1.165) is 23.3 Å². The van der Waals surface area contributed by atoms with E-state index in [1.165, 1.54) is 5.56 Å². The van der Waals surface area contributed by atoms with Crippen LogP contribution in [0.25, 0.3) is 0 Å². The third kappa shape index (κ3) is 5.25. The van der Waals surface area contributed by atoms with E-state index in [2.05, 4.69) is 21.7 Å². The second kappa shape index (κ2) is 9.10. The van der Waals surface area contributed by atoms with Gasteiger partial charge in [0, 0.05) is 25.2 Å². The Hall–Kier alpha value is -3.54. The number of para-hydroxylation sites is 1. The summed E-state index contributed by atoms with van der Waals surface area (Å²) < 4.78 is 11.6. The molecule has 3 aromatic rings. The highest BCUT2D eigenvalue weighted by molar-refractivity contribution is 5.73. The predicted molar refractivity (Wildman–Crippen MR) is 110 cm³/mol. The molecule has 0 fully saturated rings. The molecule has 29 heavy (non-hydrogen) atoms. The molecule has 6 heteroatoms. The molecule has 148 valence electrons. The number of aromatic nitrogens is 1. The third-order valence-corrected chi connectivity index (χ3v) is 4.69. The fraction of sp³-hybridized carbons (Fsp3) is 0.217. The number of pyridine rings is 1. The van der Waals surface area contributed by atoms with Gasteiger partial charge in [0.1, 0.15) is 18.5 Å². The number of amides is 2. The van der Waals surface area contributed by atoms with Crippen molar-refractivity contribution in [3.63, 3.8) is 0 Å². The minimum Gasteiger partial charge on any atom is -0.488 e. The maximum Gasteiger partial charge on any atom is 0.315 e. The third-order valence-electron chi connectivity index (χ3n) is 4.69. The van der Waals surface area contributed by atoms with Crippen molar-refractivity contribution in [2.24, 2.45) is 0 Å². The van der Waals surface area contributed by atoms with Gasteiger partial charge in [0.25, 0.3) is 0 Å². The van der Waals surface area contributed by atoms with E-state index in [1.54, 1.807) is 6.20 Å². The molecule has 0 radical (unpaired) electrons. The lowest BCUT2D eigenvalue weighted by Crippen LogP contribution is -2.40. The second-order valence-electron chi connectivity index (χ2n) is 6.89. The van der Waals surface area contributed by atoms with Gasteiger partial charge in [0.15, 0.2) is 0 Å². The van der Waals surface area contributed by atoms with Crippen LogP contribution in [0.2, 0.25) is 0 Å². The van der Waals surface area contributed by atoms with Crippen molar-refractivity contribution in [3.05, 3.63) is 89.6 Å². The van der Waals surface area contributed by atoms with Gasteiger partial charge >= 0.3 is 6.03 Å². The topological polar surface area (TPSA) is 72.5 Å². The number of nitrogens with zero attached hydrogens (tertiary/aromatic N) is 1. The van der Waals surface area contributed by atoms with Crippen molar-refractivity contribution in [3.8, 4) is 11.6 Å². The molecule has 0 bridgehead atoms. The zero-order chi connectivity index (χ0) is 19.9. The van der Waals surface area contributed by atoms with E-state index < -0.39 is 0 Å². The summed E-state index contributed by atoms with van der Waals surface area (Å²) in [7, 11) is 0. The quantitative estimate of drug-likeness (QED) is 0.649. The molecule has 2 amide bonds. The van der Waals surface area contributed by atoms with E-state index in [4.69, 9.17) is 9.47 Å². The SMILES string of the molecule is O=C(NCc1ccnc(OCc2ccccc2)c1)NCC1Cc2ccccc2O1. The molecule has 4 rings (SSSR count). The lowest BCUT2D eigenvalue weighted by Gasteiger charge is -2.13. The number of benzene rings is 2. The van der Waals surface area contributed by atoms with Crippen molar-refractivity contribution in [2.75, 3.05) is 6.54 Å². The van der Waals surface area contributed by atoms with Crippen LogP contribution in [0, 0.1) is 0 Å². The van der Waals surface area contributed by atoms with Gasteiger partial charge in [-0.05, 0) is 28.8 Å². The summed E-state index contributed by atoms with van der Waals surface area (Å²) in [6.07, 6.45) is 2.46. The summed E-state index contributed by atoms with van der Waals surface area (Å²) >= 11 is 0. The Balaban J connectivity index is 1.20. The smallest absolute Gasteiger partial charge is 0.315 e. The first kappa shape index (κ1) is 18.8. The maximum absolute atomic E-state index is 12.1. The molecule has 2 N–H and O–H groups in total. The Morgan fingerprint density at radius 1 is 1.03 bits per heavy atom. The Bertz CT molecular complexity index is 937. The normalized spacial score (nSPS) is 14.6. The van der Waals surface area contributed by atoms with Crippen LogP contribution in [0.4, 0.5) is 4.79 Å². The van der Waals surface area contributed by atoms with Gasteiger partial charge in [-0.25, -0.2) is 9.78 Å². The standard InChI is InChI=1S/C23H23N3O3/c27-23(26-15-20-13-19-8-4-5-9-21(19)29-20)25-14-18-10-11-24-22(12-18)28-16-17-6-2-1-3-7-17/h1-12,20H,13-16H2,(H2,25,26,27). The van der Waals surface area contributed by atoms with Crippen LogP contribution in [0.1, 0.15) is 16.7 Å². The zero-order valence-corrected chi connectivity index (χ0v) is 16.0. The fourth-order valence-corrected chi connectivity index (χ4v) is 3.19. The zero-order valence-electron chi connectivity index (χ0n) is 16.0. The molecule has 0 spiro atoms. The van der Waals surface area contributed by atoms with Crippen LogP contribution in [-0.2, 0) is 19.6 Å². The van der Waals surface area contributed by atoms with Crippen LogP contribution >= 0.6 is 0 Å². The average Bonchev–Trinajstić information content (AvgIpc) is 3.19. The van der Waals surface area contributed by atoms with Gasteiger partial charge in [-0.1, -0.05) is 48.5 Å². The average molecular weight is 389 g/mol. The van der Waals surface area contributed by atoms with E-state index in [1.807, 2.05) is 60.7 Å². The Morgan fingerprint density at radius 2 is 1.86 bits per heavy atom. The monoisotopic (exact) mass is 389 g/mol. The summed E-state index contributed by atoms with van der Waals surface area (Å²) in [5.74, 6) is 1.44. The minimum absolute atomic E-state index is 0.0305.